The zero-order chi connectivity index (χ0) is 22.8. The normalized spacial score (nSPS) is 16.0. The van der Waals surface area contributed by atoms with Gasteiger partial charge in [0.2, 0.25) is 6.79 Å². The Bertz CT molecular complexity index is 1260. The van der Waals surface area contributed by atoms with Crippen LogP contribution in [0.4, 0.5) is 4.79 Å². The van der Waals surface area contributed by atoms with Crippen molar-refractivity contribution in [3.05, 3.63) is 93.3 Å². The summed E-state index contributed by atoms with van der Waals surface area (Å²) < 4.78 is 16.7. The molecular formula is C25H18ClNO5S. The lowest BCUT2D eigenvalue weighted by Crippen LogP contribution is -2.27. The number of benzene rings is 3. The van der Waals surface area contributed by atoms with Crippen molar-refractivity contribution in [2.75, 3.05) is 6.79 Å². The SMILES string of the molecule is O=C1S/C(=C\c2ccccc2OCc2ccccc2)C(=O)N1Cc1cc2c(cc1Cl)OCO2. The van der Waals surface area contributed by atoms with Crippen molar-refractivity contribution < 1.29 is 23.8 Å². The minimum absolute atomic E-state index is 0.0453. The van der Waals surface area contributed by atoms with Crippen molar-refractivity contribution >= 4 is 40.6 Å². The van der Waals surface area contributed by atoms with Crippen LogP contribution in [-0.2, 0) is 17.9 Å². The number of fused-ring (bicyclic) bond motifs is 1. The summed E-state index contributed by atoms with van der Waals surface area (Å²) in [5.74, 6) is 1.34. The third kappa shape index (κ3) is 4.55. The summed E-state index contributed by atoms with van der Waals surface area (Å²) in [4.78, 5) is 27.2. The maximum atomic E-state index is 13.0. The van der Waals surface area contributed by atoms with Crippen LogP contribution in [0.25, 0.3) is 6.08 Å². The van der Waals surface area contributed by atoms with E-state index >= 15 is 0 Å². The molecule has 0 aliphatic carbocycles. The lowest BCUT2D eigenvalue weighted by atomic mass is 10.1. The van der Waals surface area contributed by atoms with E-state index in [2.05, 4.69) is 0 Å². The van der Waals surface area contributed by atoms with E-state index < -0.39 is 0 Å². The number of para-hydroxylation sites is 1. The van der Waals surface area contributed by atoms with Gasteiger partial charge in [-0.25, -0.2) is 0 Å². The minimum atomic E-state index is -0.378. The lowest BCUT2D eigenvalue weighted by molar-refractivity contribution is -0.123. The molecule has 166 valence electrons. The number of carbonyl (C=O) groups is 2. The molecular weight excluding hydrogens is 462 g/mol. The van der Waals surface area contributed by atoms with E-state index in [1.165, 1.54) is 4.90 Å². The zero-order valence-corrected chi connectivity index (χ0v) is 18.9. The Hall–Kier alpha value is -3.42. The lowest BCUT2D eigenvalue weighted by Gasteiger charge is -2.14. The molecule has 2 aliphatic rings. The Morgan fingerprint density at radius 1 is 1.00 bits per heavy atom. The number of nitrogens with zero attached hydrogens (tertiary/aromatic N) is 1. The average molecular weight is 480 g/mol. The summed E-state index contributed by atoms with van der Waals surface area (Å²) in [6.45, 7) is 0.560. The first kappa shape index (κ1) is 21.4. The standard InChI is InChI=1S/C25H18ClNO5S/c26-19-12-22-21(31-15-32-22)10-18(19)13-27-24(28)23(33-25(27)29)11-17-8-4-5-9-20(17)30-14-16-6-2-1-3-7-16/h1-12H,13-15H2/b23-11-. The summed E-state index contributed by atoms with van der Waals surface area (Å²) in [6.07, 6.45) is 1.69. The molecule has 1 fully saturated rings. The summed E-state index contributed by atoms with van der Waals surface area (Å²) in [5.41, 5.74) is 2.37. The van der Waals surface area contributed by atoms with Crippen molar-refractivity contribution in [2.24, 2.45) is 0 Å². The van der Waals surface area contributed by atoms with Crippen LogP contribution in [0.15, 0.2) is 71.6 Å². The van der Waals surface area contributed by atoms with Crippen LogP contribution >= 0.6 is 23.4 Å². The highest BCUT2D eigenvalue weighted by Gasteiger charge is 2.36. The molecule has 3 aromatic carbocycles. The fraction of sp³-hybridized carbons (Fsp3) is 0.120. The molecule has 0 N–H and O–H groups in total. The van der Waals surface area contributed by atoms with Crippen molar-refractivity contribution in [1.82, 2.24) is 4.90 Å². The highest BCUT2D eigenvalue weighted by molar-refractivity contribution is 8.18. The van der Waals surface area contributed by atoms with Gasteiger partial charge in [0.25, 0.3) is 11.1 Å². The number of rotatable bonds is 6. The number of hydrogen-bond donors (Lipinski definition) is 0. The Labute approximate surface area is 199 Å². The molecule has 0 saturated carbocycles. The van der Waals surface area contributed by atoms with Gasteiger partial charge in [-0.3, -0.25) is 14.5 Å². The van der Waals surface area contributed by atoms with Gasteiger partial charge in [-0.1, -0.05) is 60.1 Å². The molecule has 6 nitrogen and oxygen atoms in total. The van der Waals surface area contributed by atoms with Crippen molar-refractivity contribution in [1.29, 1.82) is 0 Å². The molecule has 3 aromatic rings. The maximum absolute atomic E-state index is 13.0. The monoisotopic (exact) mass is 479 g/mol. The highest BCUT2D eigenvalue weighted by Crippen LogP contribution is 2.39. The van der Waals surface area contributed by atoms with Gasteiger partial charge in [0.1, 0.15) is 12.4 Å². The predicted octanol–water partition coefficient (Wildman–Crippen LogP) is 5.88. The Kier molecular flexibility index (Phi) is 5.98. The van der Waals surface area contributed by atoms with Gasteiger partial charge in [-0.2, -0.15) is 0 Å². The van der Waals surface area contributed by atoms with Gasteiger partial charge in [-0.15, -0.1) is 0 Å². The van der Waals surface area contributed by atoms with Gasteiger partial charge in [0.05, 0.1) is 11.4 Å². The number of halogens is 1. The van der Waals surface area contributed by atoms with E-state index in [4.69, 9.17) is 25.8 Å². The van der Waals surface area contributed by atoms with E-state index in [1.54, 1.807) is 18.2 Å². The van der Waals surface area contributed by atoms with E-state index in [0.717, 1.165) is 22.9 Å². The summed E-state index contributed by atoms with van der Waals surface area (Å²) in [7, 11) is 0. The molecule has 0 atom stereocenters. The van der Waals surface area contributed by atoms with Crippen molar-refractivity contribution in [3.63, 3.8) is 0 Å². The van der Waals surface area contributed by atoms with Gasteiger partial charge in [-0.05, 0) is 41.1 Å². The highest BCUT2D eigenvalue weighted by atomic mass is 35.5. The first-order chi connectivity index (χ1) is 16.1. The summed E-state index contributed by atoms with van der Waals surface area (Å²) in [5, 5.41) is 0.0459. The van der Waals surface area contributed by atoms with Crippen LogP contribution in [0.3, 0.4) is 0 Å². The Balaban J connectivity index is 1.35. The minimum Gasteiger partial charge on any atom is -0.488 e. The number of carbonyl (C=O) groups excluding carboxylic acids is 2. The van der Waals surface area contributed by atoms with E-state index in [1.807, 2.05) is 54.6 Å². The number of hydrogen-bond acceptors (Lipinski definition) is 6. The quantitative estimate of drug-likeness (QED) is 0.411. The van der Waals surface area contributed by atoms with E-state index in [9.17, 15) is 9.59 Å². The van der Waals surface area contributed by atoms with Gasteiger partial charge < -0.3 is 14.2 Å². The smallest absolute Gasteiger partial charge is 0.293 e. The van der Waals surface area contributed by atoms with Crippen LogP contribution < -0.4 is 14.2 Å². The first-order valence-corrected chi connectivity index (χ1v) is 11.4. The number of thioether (sulfide) groups is 1. The maximum Gasteiger partial charge on any atom is 0.293 e. The molecule has 1 saturated heterocycles. The zero-order valence-electron chi connectivity index (χ0n) is 17.3. The Morgan fingerprint density at radius 2 is 1.73 bits per heavy atom. The Morgan fingerprint density at radius 3 is 2.55 bits per heavy atom. The van der Waals surface area contributed by atoms with Gasteiger partial charge in [0.15, 0.2) is 11.5 Å². The fourth-order valence-electron chi connectivity index (χ4n) is 3.49. The van der Waals surface area contributed by atoms with Crippen molar-refractivity contribution in [2.45, 2.75) is 13.2 Å². The van der Waals surface area contributed by atoms with Gasteiger partial charge in [0, 0.05) is 16.7 Å². The molecule has 33 heavy (non-hydrogen) atoms. The molecule has 2 heterocycles. The topological polar surface area (TPSA) is 65.1 Å². The molecule has 0 radical (unpaired) electrons. The molecule has 2 amide bonds. The van der Waals surface area contributed by atoms with Crippen LogP contribution in [0.5, 0.6) is 17.2 Å². The molecule has 0 spiro atoms. The van der Waals surface area contributed by atoms with Gasteiger partial charge >= 0.3 is 0 Å². The van der Waals surface area contributed by atoms with Crippen molar-refractivity contribution in [3.8, 4) is 17.2 Å². The second-order valence-corrected chi connectivity index (χ2v) is 8.78. The molecule has 0 aromatic heterocycles. The molecule has 8 heteroatoms. The third-order valence-electron chi connectivity index (χ3n) is 5.19. The number of amides is 2. The first-order valence-electron chi connectivity index (χ1n) is 10.2. The van der Waals surface area contributed by atoms with E-state index in [-0.39, 0.29) is 24.5 Å². The molecule has 2 aliphatic heterocycles. The molecule has 0 unspecified atom stereocenters. The van der Waals surface area contributed by atoms with Crippen LogP contribution in [0.2, 0.25) is 5.02 Å². The molecule has 5 rings (SSSR count). The third-order valence-corrected chi connectivity index (χ3v) is 6.45. The number of ether oxygens (including phenoxy) is 3. The second kappa shape index (κ2) is 9.21. The van der Waals surface area contributed by atoms with Crippen LogP contribution in [0, 0.1) is 0 Å². The summed E-state index contributed by atoms with van der Waals surface area (Å²) in [6, 6.07) is 20.6. The average Bonchev–Trinajstić information content (AvgIpc) is 3.38. The fourth-order valence-corrected chi connectivity index (χ4v) is 4.54. The predicted molar refractivity (Wildman–Crippen MR) is 126 cm³/mol. The van der Waals surface area contributed by atoms with E-state index in [0.29, 0.717) is 39.3 Å². The second-order valence-electron chi connectivity index (χ2n) is 7.38. The largest absolute Gasteiger partial charge is 0.488 e. The molecule has 0 bridgehead atoms. The number of imide groups is 1. The summed E-state index contributed by atoms with van der Waals surface area (Å²) >= 11 is 7.23. The van der Waals surface area contributed by atoms with Crippen LogP contribution in [0.1, 0.15) is 16.7 Å². The van der Waals surface area contributed by atoms with Crippen LogP contribution in [-0.4, -0.2) is 22.8 Å².